The molecule has 3 rings (SSSR count). The van der Waals surface area contributed by atoms with Crippen molar-refractivity contribution in [2.75, 3.05) is 32.7 Å². The Hall–Kier alpha value is -2.73. The second kappa shape index (κ2) is 9.28. The molecular formula is C21H22F2N2O2. The lowest BCUT2D eigenvalue weighted by Gasteiger charge is -2.34. The first kappa shape index (κ1) is 19.0. The molecule has 0 saturated carbocycles. The maximum absolute atomic E-state index is 12.6. The van der Waals surface area contributed by atoms with E-state index in [4.69, 9.17) is 0 Å². The molecule has 142 valence electrons. The molecule has 2 aromatic carbocycles. The number of piperazine rings is 1. The number of benzene rings is 2. The van der Waals surface area contributed by atoms with Gasteiger partial charge in [-0.15, -0.1) is 0 Å². The fourth-order valence-corrected chi connectivity index (χ4v) is 3.02. The van der Waals surface area contributed by atoms with Crippen molar-refractivity contribution in [3.8, 4) is 5.75 Å². The number of ether oxygens (including phenoxy) is 1. The first-order valence-electron chi connectivity index (χ1n) is 8.90. The average molecular weight is 372 g/mol. The highest BCUT2D eigenvalue weighted by Crippen LogP contribution is 2.18. The van der Waals surface area contributed by atoms with Gasteiger partial charge in [-0.25, -0.2) is 0 Å². The highest BCUT2D eigenvalue weighted by molar-refractivity contribution is 5.94. The first-order valence-corrected chi connectivity index (χ1v) is 8.90. The van der Waals surface area contributed by atoms with Crippen LogP contribution in [0, 0.1) is 0 Å². The topological polar surface area (TPSA) is 32.8 Å². The minimum Gasteiger partial charge on any atom is -0.435 e. The Balaban J connectivity index is 1.50. The van der Waals surface area contributed by atoms with E-state index in [9.17, 15) is 13.6 Å². The molecule has 6 heteroatoms. The summed E-state index contributed by atoms with van der Waals surface area (Å²) in [6.45, 7) is 0.698. The summed E-state index contributed by atoms with van der Waals surface area (Å²) in [5, 5.41) is 0. The molecule has 0 spiro atoms. The Bertz CT molecular complexity index is 773. The highest BCUT2D eigenvalue weighted by Gasteiger charge is 2.22. The third-order valence-electron chi connectivity index (χ3n) is 4.44. The van der Waals surface area contributed by atoms with Gasteiger partial charge in [0.15, 0.2) is 0 Å². The molecule has 0 aromatic heterocycles. The van der Waals surface area contributed by atoms with Crippen molar-refractivity contribution in [1.82, 2.24) is 9.80 Å². The standard InChI is InChI=1S/C21H22F2N2O2/c22-21(23)27-19-10-4-9-18(16-19)20(26)25-14-12-24(13-15-25)11-5-8-17-6-2-1-3-7-17/h1-10,16,21H,11-15H2. The molecule has 0 bridgehead atoms. The predicted molar refractivity (Wildman–Crippen MR) is 101 cm³/mol. The van der Waals surface area contributed by atoms with Crippen LogP contribution in [-0.4, -0.2) is 55.0 Å². The van der Waals surface area contributed by atoms with Crippen LogP contribution in [0.4, 0.5) is 8.78 Å². The quantitative estimate of drug-likeness (QED) is 0.774. The number of rotatable bonds is 6. The monoisotopic (exact) mass is 372 g/mol. The molecule has 1 saturated heterocycles. The Kier molecular flexibility index (Phi) is 6.54. The van der Waals surface area contributed by atoms with Gasteiger partial charge < -0.3 is 9.64 Å². The molecule has 1 aliphatic heterocycles. The normalized spacial score (nSPS) is 15.4. The Morgan fingerprint density at radius 1 is 1.04 bits per heavy atom. The van der Waals surface area contributed by atoms with Crippen LogP contribution in [-0.2, 0) is 0 Å². The number of carbonyl (C=O) groups excluding carboxylic acids is 1. The maximum atomic E-state index is 12.6. The van der Waals surface area contributed by atoms with Gasteiger partial charge in [-0.3, -0.25) is 9.69 Å². The molecule has 0 N–H and O–H groups in total. The smallest absolute Gasteiger partial charge is 0.387 e. The predicted octanol–water partition coefficient (Wildman–Crippen LogP) is 3.76. The van der Waals surface area contributed by atoms with E-state index in [0.717, 1.165) is 25.2 Å². The Labute approximate surface area is 157 Å². The molecule has 27 heavy (non-hydrogen) atoms. The van der Waals surface area contributed by atoms with Crippen molar-refractivity contribution in [1.29, 1.82) is 0 Å². The van der Waals surface area contributed by atoms with Crippen LogP contribution in [0.3, 0.4) is 0 Å². The van der Waals surface area contributed by atoms with Crippen LogP contribution in [0.2, 0.25) is 0 Å². The van der Waals surface area contributed by atoms with E-state index in [-0.39, 0.29) is 11.7 Å². The Morgan fingerprint density at radius 3 is 2.48 bits per heavy atom. The average Bonchev–Trinajstić information content (AvgIpc) is 2.68. The lowest BCUT2D eigenvalue weighted by atomic mass is 10.1. The number of hydrogen-bond donors (Lipinski definition) is 0. The largest absolute Gasteiger partial charge is 0.435 e. The number of carbonyl (C=O) groups is 1. The van der Waals surface area contributed by atoms with Crippen LogP contribution in [0.25, 0.3) is 6.08 Å². The lowest BCUT2D eigenvalue weighted by molar-refractivity contribution is -0.0499. The van der Waals surface area contributed by atoms with Crippen molar-refractivity contribution < 1.29 is 18.3 Å². The van der Waals surface area contributed by atoms with Gasteiger partial charge in [-0.1, -0.05) is 48.6 Å². The van der Waals surface area contributed by atoms with Crippen LogP contribution in [0.5, 0.6) is 5.75 Å². The SMILES string of the molecule is O=C(c1cccc(OC(F)F)c1)N1CCN(CC=Cc2ccccc2)CC1. The highest BCUT2D eigenvalue weighted by atomic mass is 19.3. The van der Waals surface area contributed by atoms with E-state index < -0.39 is 6.61 Å². The summed E-state index contributed by atoms with van der Waals surface area (Å²) >= 11 is 0. The van der Waals surface area contributed by atoms with Gasteiger partial charge in [0.05, 0.1) is 0 Å². The Morgan fingerprint density at radius 2 is 1.78 bits per heavy atom. The van der Waals surface area contributed by atoms with Gasteiger partial charge in [-0.05, 0) is 23.8 Å². The number of alkyl halides is 2. The molecule has 1 fully saturated rings. The van der Waals surface area contributed by atoms with E-state index in [0.29, 0.717) is 18.7 Å². The summed E-state index contributed by atoms with van der Waals surface area (Å²) in [7, 11) is 0. The summed E-state index contributed by atoms with van der Waals surface area (Å²) in [6, 6.07) is 16.1. The zero-order valence-corrected chi connectivity index (χ0v) is 14.9. The third-order valence-corrected chi connectivity index (χ3v) is 4.44. The minimum absolute atomic E-state index is 0.000495. The van der Waals surface area contributed by atoms with Gasteiger partial charge in [0.1, 0.15) is 5.75 Å². The summed E-state index contributed by atoms with van der Waals surface area (Å²) < 4.78 is 29.0. The van der Waals surface area contributed by atoms with E-state index >= 15 is 0 Å². The number of nitrogens with zero attached hydrogens (tertiary/aromatic N) is 2. The molecule has 0 unspecified atom stereocenters. The molecule has 1 amide bonds. The molecule has 0 radical (unpaired) electrons. The van der Waals surface area contributed by atoms with E-state index in [2.05, 4.69) is 33.9 Å². The van der Waals surface area contributed by atoms with Crippen molar-refractivity contribution in [3.05, 3.63) is 71.8 Å². The van der Waals surface area contributed by atoms with Crippen molar-refractivity contribution in [2.24, 2.45) is 0 Å². The van der Waals surface area contributed by atoms with Crippen molar-refractivity contribution in [2.45, 2.75) is 6.61 Å². The van der Waals surface area contributed by atoms with Crippen molar-refractivity contribution >= 4 is 12.0 Å². The molecule has 2 aromatic rings. The van der Waals surface area contributed by atoms with Crippen LogP contribution in [0.15, 0.2) is 60.7 Å². The zero-order valence-electron chi connectivity index (χ0n) is 14.9. The maximum Gasteiger partial charge on any atom is 0.387 e. The fourth-order valence-electron chi connectivity index (χ4n) is 3.02. The van der Waals surface area contributed by atoms with Gasteiger partial charge in [0.2, 0.25) is 0 Å². The molecule has 4 nitrogen and oxygen atoms in total. The zero-order chi connectivity index (χ0) is 19.1. The molecule has 1 aliphatic rings. The summed E-state index contributed by atoms with van der Waals surface area (Å²) in [5.74, 6) is -0.158. The van der Waals surface area contributed by atoms with Crippen LogP contribution >= 0.6 is 0 Å². The van der Waals surface area contributed by atoms with E-state index in [1.807, 2.05) is 18.2 Å². The second-order valence-corrected chi connectivity index (χ2v) is 6.31. The third kappa shape index (κ3) is 5.62. The fraction of sp³-hybridized carbons (Fsp3) is 0.286. The number of amides is 1. The van der Waals surface area contributed by atoms with E-state index in [1.165, 1.54) is 12.1 Å². The first-order chi connectivity index (χ1) is 13.1. The minimum atomic E-state index is -2.90. The van der Waals surface area contributed by atoms with Gasteiger partial charge in [0.25, 0.3) is 5.91 Å². The summed E-state index contributed by atoms with van der Waals surface area (Å²) in [5.41, 5.74) is 1.53. The van der Waals surface area contributed by atoms with Crippen LogP contribution in [0.1, 0.15) is 15.9 Å². The van der Waals surface area contributed by atoms with Gasteiger partial charge in [0, 0.05) is 38.3 Å². The van der Waals surface area contributed by atoms with Gasteiger partial charge >= 0.3 is 6.61 Å². The lowest BCUT2D eigenvalue weighted by Crippen LogP contribution is -2.48. The number of halogens is 2. The van der Waals surface area contributed by atoms with Gasteiger partial charge in [-0.2, -0.15) is 8.78 Å². The summed E-state index contributed by atoms with van der Waals surface area (Å²) in [6.07, 6.45) is 4.21. The second-order valence-electron chi connectivity index (χ2n) is 6.31. The summed E-state index contributed by atoms with van der Waals surface area (Å²) in [4.78, 5) is 16.6. The molecule has 1 heterocycles. The molecule has 0 atom stereocenters. The number of hydrogen-bond acceptors (Lipinski definition) is 3. The van der Waals surface area contributed by atoms with Crippen LogP contribution < -0.4 is 4.74 Å². The molecular weight excluding hydrogens is 350 g/mol. The molecule has 0 aliphatic carbocycles. The van der Waals surface area contributed by atoms with Crippen molar-refractivity contribution in [3.63, 3.8) is 0 Å². The van der Waals surface area contributed by atoms with E-state index in [1.54, 1.807) is 17.0 Å².